The monoisotopic (exact) mass is 413 g/mol. The Morgan fingerprint density at radius 3 is 2.56 bits per heavy atom. The van der Waals surface area contributed by atoms with Crippen molar-refractivity contribution in [2.24, 2.45) is 13.0 Å². The van der Waals surface area contributed by atoms with E-state index in [0.29, 0.717) is 19.0 Å². The lowest BCUT2D eigenvalue weighted by atomic mass is 10.0. The van der Waals surface area contributed by atoms with E-state index in [1.165, 1.54) is 33.3 Å². The third-order valence-electron chi connectivity index (χ3n) is 4.77. The number of nitrogens with zero attached hydrogens (tertiary/aromatic N) is 2. The zero-order chi connectivity index (χ0) is 19.8. The molecule has 0 bridgehead atoms. The molecule has 2 heterocycles. The summed E-state index contributed by atoms with van der Waals surface area (Å²) in [5.74, 6) is -0.768. The van der Waals surface area contributed by atoms with Gasteiger partial charge in [0.25, 0.3) is 5.91 Å². The van der Waals surface area contributed by atoms with Crippen molar-refractivity contribution in [2.45, 2.75) is 24.7 Å². The van der Waals surface area contributed by atoms with Gasteiger partial charge in [0.2, 0.25) is 10.0 Å². The number of aryl methyl sites for hydroxylation is 1. The Bertz CT molecular complexity index is 966. The van der Waals surface area contributed by atoms with Crippen LogP contribution in [0.15, 0.2) is 35.4 Å². The Morgan fingerprint density at radius 2 is 1.93 bits per heavy atom. The van der Waals surface area contributed by atoms with Gasteiger partial charge in [-0.05, 0) is 43.0 Å². The van der Waals surface area contributed by atoms with Crippen LogP contribution in [0, 0.1) is 11.7 Å². The number of halogens is 2. The van der Waals surface area contributed by atoms with Crippen molar-refractivity contribution in [3.63, 3.8) is 0 Å². The van der Waals surface area contributed by atoms with E-state index in [1.807, 2.05) is 0 Å². The van der Waals surface area contributed by atoms with Gasteiger partial charge in [-0.1, -0.05) is 18.5 Å². The van der Waals surface area contributed by atoms with Gasteiger partial charge in [-0.25, -0.2) is 12.8 Å². The molecule has 6 nitrogen and oxygen atoms in total. The second-order valence-corrected chi connectivity index (χ2v) is 9.21. The Kier molecular flexibility index (Phi) is 5.60. The predicted octanol–water partition coefficient (Wildman–Crippen LogP) is 3.49. The fourth-order valence-corrected chi connectivity index (χ4v) is 4.75. The zero-order valence-electron chi connectivity index (χ0n) is 15.1. The number of benzene rings is 1. The lowest BCUT2D eigenvalue weighted by Crippen LogP contribution is -2.37. The van der Waals surface area contributed by atoms with E-state index in [9.17, 15) is 17.6 Å². The number of nitrogens with one attached hydrogen (secondary N) is 1. The molecular weight excluding hydrogens is 393 g/mol. The van der Waals surface area contributed by atoms with Crippen molar-refractivity contribution in [3.8, 4) is 0 Å². The highest BCUT2D eigenvalue weighted by molar-refractivity contribution is 7.89. The summed E-state index contributed by atoms with van der Waals surface area (Å²) in [6.07, 6.45) is 3.03. The minimum absolute atomic E-state index is 0.0278. The maximum Gasteiger partial charge on any atom is 0.272 e. The predicted molar refractivity (Wildman–Crippen MR) is 102 cm³/mol. The van der Waals surface area contributed by atoms with Crippen molar-refractivity contribution < 1.29 is 17.6 Å². The van der Waals surface area contributed by atoms with E-state index in [-0.39, 0.29) is 21.3 Å². The quantitative estimate of drug-likeness (QED) is 0.833. The van der Waals surface area contributed by atoms with Gasteiger partial charge < -0.3 is 9.88 Å². The molecule has 3 rings (SSSR count). The minimum atomic E-state index is -3.67. The molecule has 1 aromatic carbocycles. The Morgan fingerprint density at radius 1 is 1.26 bits per heavy atom. The highest BCUT2D eigenvalue weighted by atomic mass is 35.5. The van der Waals surface area contributed by atoms with Crippen LogP contribution in [0.2, 0.25) is 5.02 Å². The number of aromatic nitrogens is 1. The van der Waals surface area contributed by atoms with Gasteiger partial charge in [0.05, 0.1) is 5.69 Å². The first-order chi connectivity index (χ1) is 12.7. The molecule has 1 aromatic heterocycles. The fraction of sp³-hybridized carbons (Fsp3) is 0.389. The maximum atomic E-state index is 13.9. The number of hydrogen-bond acceptors (Lipinski definition) is 3. The zero-order valence-corrected chi connectivity index (χ0v) is 16.6. The highest BCUT2D eigenvalue weighted by Crippen LogP contribution is 2.25. The number of anilines is 1. The van der Waals surface area contributed by atoms with Gasteiger partial charge in [0.15, 0.2) is 0 Å². The van der Waals surface area contributed by atoms with Gasteiger partial charge in [0, 0.05) is 31.4 Å². The third-order valence-corrected chi connectivity index (χ3v) is 6.87. The van der Waals surface area contributed by atoms with E-state index >= 15 is 0 Å². The van der Waals surface area contributed by atoms with E-state index < -0.39 is 21.7 Å². The van der Waals surface area contributed by atoms with Crippen LogP contribution >= 0.6 is 11.6 Å². The first-order valence-electron chi connectivity index (χ1n) is 8.61. The van der Waals surface area contributed by atoms with Crippen LogP contribution in [0.4, 0.5) is 10.1 Å². The molecule has 1 amide bonds. The van der Waals surface area contributed by atoms with E-state index in [1.54, 1.807) is 7.05 Å². The molecule has 1 saturated heterocycles. The molecule has 0 spiro atoms. The van der Waals surface area contributed by atoms with E-state index in [4.69, 9.17) is 11.6 Å². The van der Waals surface area contributed by atoms with Gasteiger partial charge >= 0.3 is 0 Å². The van der Waals surface area contributed by atoms with Crippen LogP contribution in [0.5, 0.6) is 0 Å². The van der Waals surface area contributed by atoms with Crippen molar-refractivity contribution in [2.75, 3.05) is 18.4 Å². The average molecular weight is 414 g/mol. The van der Waals surface area contributed by atoms with Crippen LogP contribution in [-0.2, 0) is 17.1 Å². The average Bonchev–Trinajstić information content (AvgIpc) is 3.00. The molecule has 2 aromatic rings. The normalized spacial score (nSPS) is 16.4. The van der Waals surface area contributed by atoms with Gasteiger partial charge in [-0.3, -0.25) is 4.79 Å². The maximum absolute atomic E-state index is 13.9. The van der Waals surface area contributed by atoms with Crippen LogP contribution in [-0.4, -0.2) is 36.3 Å². The fourth-order valence-electron chi connectivity index (χ4n) is 3.05. The van der Waals surface area contributed by atoms with Gasteiger partial charge in [0.1, 0.15) is 16.4 Å². The lowest BCUT2D eigenvalue weighted by molar-refractivity contribution is 0.101. The number of amides is 1. The van der Waals surface area contributed by atoms with E-state index in [0.717, 1.165) is 18.9 Å². The van der Waals surface area contributed by atoms with Crippen LogP contribution in [0.25, 0.3) is 0 Å². The smallest absolute Gasteiger partial charge is 0.272 e. The molecule has 0 saturated carbocycles. The molecule has 1 aliphatic heterocycles. The first-order valence-corrected chi connectivity index (χ1v) is 10.4. The molecule has 0 radical (unpaired) electrons. The number of carbonyl (C=O) groups is 1. The Balaban J connectivity index is 1.82. The summed E-state index contributed by atoms with van der Waals surface area (Å²) >= 11 is 5.70. The van der Waals surface area contributed by atoms with Crippen LogP contribution in [0.1, 0.15) is 30.3 Å². The summed E-state index contributed by atoms with van der Waals surface area (Å²) in [4.78, 5) is 12.5. The van der Waals surface area contributed by atoms with Crippen molar-refractivity contribution in [1.29, 1.82) is 0 Å². The summed E-state index contributed by atoms with van der Waals surface area (Å²) in [5.41, 5.74) is 0.0910. The van der Waals surface area contributed by atoms with Gasteiger partial charge in [-0.15, -0.1) is 0 Å². The second-order valence-electron chi connectivity index (χ2n) is 6.84. The number of sulfonamides is 1. The molecular formula is C18H21ClFN3O3S. The standard InChI is InChI=1S/C18H21ClFN3O3S/c1-12-5-7-23(8-6-12)27(25,26)14-10-17(22(2)11-14)18(24)21-16-4-3-13(19)9-15(16)20/h3-4,9-12H,5-8H2,1-2H3,(H,21,24). The van der Waals surface area contributed by atoms with Crippen molar-refractivity contribution in [3.05, 3.63) is 47.0 Å². The summed E-state index contributed by atoms with van der Waals surface area (Å²) in [6, 6.07) is 5.22. The highest BCUT2D eigenvalue weighted by Gasteiger charge is 2.30. The topological polar surface area (TPSA) is 71.4 Å². The molecule has 0 aliphatic carbocycles. The number of rotatable bonds is 4. The molecule has 1 aliphatic rings. The molecule has 1 N–H and O–H groups in total. The van der Waals surface area contributed by atoms with Crippen molar-refractivity contribution in [1.82, 2.24) is 8.87 Å². The van der Waals surface area contributed by atoms with Crippen molar-refractivity contribution >= 4 is 33.2 Å². The summed E-state index contributed by atoms with van der Waals surface area (Å²) < 4.78 is 42.4. The SMILES string of the molecule is CC1CCN(S(=O)(=O)c2cc(C(=O)Nc3ccc(Cl)cc3F)n(C)c2)CC1. The molecule has 1 fully saturated rings. The second kappa shape index (κ2) is 7.61. The summed E-state index contributed by atoms with van der Waals surface area (Å²) in [5, 5.41) is 2.66. The van der Waals surface area contributed by atoms with Gasteiger partial charge in [-0.2, -0.15) is 4.31 Å². The number of piperidine rings is 1. The molecule has 0 atom stereocenters. The number of hydrogen-bond donors (Lipinski definition) is 1. The van der Waals surface area contributed by atoms with Crippen LogP contribution in [0.3, 0.4) is 0 Å². The summed E-state index contributed by atoms with van der Waals surface area (Å²) in [6.45, 7) is 3.04. The van der Waals surface area contributed by atoms with Crippen LogP contribution < -0.4 is 5.32 Å². The molecule has 27 heavy (non-hydrogen) atoms. The minimum Gasteiger partial charge on any atom is -0.345 e. The first kappa shape index (κ1) is 19.9. The number of carbonyl (C=O) groups excluding carboxylic acids is 1. The third kappa shape index (κ3) is 4.17. The Labute approximate surface area is 163 Å². The largest absolute Gasteiger partial charge is 0.345 e. The lowest BCUT2D eigenvalue weighted by Gasteiger charge is -2.29. The molecule has 146 valence electrons. The molecule has 0 unspecified atom stereocenters. The summed E-state index contributed by atoms with van der Waals surface area (Å²) in [7, 11) is -2.09. The Hall–Kier alpha value is -1.90. The molecule has 9 heteroatoms. The van der Waals surface area contributed by atoms with E-state index in [2.05, 4.69) is 12.2 Å².